The van der Waals surface area contributed by atoms with Crippen molar-refractivity contribution in [2.24, 2.45) is 0 Å². The molecule has 0 spiro atoms. The molecule has 4 rings (SSSR count). The zero-order valence-electron chi connectivity index (χ0n) is 16.7. The Labute approximate surface area is 180 Å². The SMILES string of the molecule is Cc1ccccc1SCc1cn(-c2ccc(S(C)(=O)=O)cc2)c(-c2cccnc2)n1. The predicted molar refractivity (Wildman–Crippen MR) is 121 cm³/mol. The van der Waals surface area contributed by atoms with Gasteiger partial charge in [0.05, 0.1) is 10.6 Å². The Kier molecular flexibility index (Phi) is 5.74. The van der Waals surface area contributed by atoms with Gasteiger partial charge in [0.25, 0.3) is 0 Å². The van der Waals surface area contributed by atoms with Crippen LogP contribution in [0.4, 0.5) is 0 Å². The van der Waals surface area contributed by atoms with Crippen LogP contribution in [0.25, 0.3) is 17.1 Å². The van der Waals surface area contributed by atoms with Gasteiger partial charge in [0.1, 0.15) is 5.82 Å². The Morgan fingerprint density at radius 1 is 1.00 bits per heavy atom. The summed E-state index contributed by atoms with van der Waals surface area (Å²) in [4.78, 5) is 10.6. The van der Waals surface area contributed by atoms with Crippen LogP contribution >= 0.6 is 11.8 Å². The molecule has 5 nitrogen and oxygen atoms in total. The highest BCUT2D eigenvalue weighted by atomic mass is 32.2. The van der Waals surface area contributed by atoms with E-state index < -0.39 is 9.84 Å². The lowest BCUT2D eigenvalue weighted by Gasteiger charge is -2.08. The zero-order valence-corrected chi connectivity index (χ0v) is 18.3. The van der Waals surface area contributed by atoms with E-state index in [1.54, 1.807) is 48.4 Å². The van der Waals surface area contributed by atoms with E-state index in [9.17, 15) is 8.42 Å². The van der Waals surface area contributed by atoms with Crippen molar-refractivity contribution in [2.45, 2.75) is 22.5 Å². The number of sulfone groups is 1. The molecule has 0 fully saturated rings. The molecule has 0 N–H and O–H groups in total. The Morgan fingerprint density at radius 2 is 1.77 bits per heavy atom. The van der Waals surface area contributed by atoms with Gasteiger partial charge in [-0.3, -0.25) is 9.55 Å². The van der Waals surface area contributed by atoms with E-state index in [1.165, 1.54) is 16.7 Å². The summed E-state index contributed by atoms with van der Waals surface area (Å²) in [5.74, 6) is 1.50. The van der Waals surface area contributed by atoms with E-state index in [1.807, 2.05) is 35.0 Å². The highest BCUT2D eigenvalue weighted by Crippen LogP contribution is 2.29. The number of pyridine rings is 1. The second kappa shape index (κ2) is 8.45. The van der Waals surface area contributed by atoms with Crippen LogP contribution in [0.5, 0.6) is 0 Å². The van der Waals surface area contributed by atoms with Crippen LogP contribution in [0.15, 0.2) is 89.0 Å². The van der Waals surface area contributed by atoms with Crippen LogP contribution in [0.2, 0.25) is 0 Å². The fourth-order valence-electron chi connectivity index (χ4n) is 3.12. The standard InChI is InChI=1S/C23H21N3O2S2/c1-17-6-3-4-8-22(17)29-16-19-15-26(23(25-19)18-7-5-13-24-14-18)20-9-11-21(12-10-20)30(2,27)28/h3-15H,16H2,1-2H3. The van der Waals surface area contributed by atoms with Crippen LogP contribution in [0.3, 0.4) is 0 Å². The maximum Gasteiger partial charge on any atom is 0.175 e. The first-order valence-electron chi connectivity index (χ1n) is 9.39. The number of thioether (sulfide) groups is 1. The number of nitrogens with zero attached hydrogens (tertiary/aromatic N) is 3. The molecule has 152 valence electrons. The maximum atomic E-state index is 11.8. The van der Waals surface area contributed by atoms with Gasteiger partial charge in [0.2, 0.25) is 0 Å². The minimum Gasteiger partial charge on any atom is -0.299 e. The van der Waals surface area contributed by atoms with Crippen molar-refractivity contribution in [3.63, 3.8) is 0 Å². The largest absolute Gasteiger partial charge is 0.299 e. The predicted octanol–water partition coefficient (Wildman–Crippen LogP) is 4.94. The van der Waals surface area contributed by atoms with Gasteiger partial charge in [-0.05, 0) is 55.0 Å². The molecule has 0 aliphatic heterocycles. The summed E-state index contributed by atoms with van der Waals surface area (Å²) >= 11 is 1.75. The Morgan fingerprint density at radius 3 is 2.43 bits per heavy atom. The van der Waals surface area contributed by atoms with E-state index >= 15 is 0 Å². The molecule has 0 amide bonds. The lowest BCUT2D eigenvalue weighted by molar-refractivity contribution is 0.602. The molecule has 0 saturated carbocycles. The third kappa shape index (κ3) is 4.47. The third-order valence-electron chi connectivity index (χ3n) is 4.69. The van der Waals surface area contributed by atoms with Crippen molar-refractivity contribution in [3.05, 3.63) is 90.5 Å². The second-order valence-electron chi connectivity index (χ2n) is 6.99. The fourth-order valence-corrected chi connectivity index (χ4v) is 4.66. The third-order valence-corrected chi connectivity index (χ3v) is 7.03. The normalized spacial score (nSPS) is 11.5. The number of aryl methyl sites for hydroxylation is 1. The van der Waals surface area contributed by atoms with Crippen molar-refractivity contribution in [3.8, 4) is 17.1 Å². The van der Waals surface area contributed by atoms with Gasteiger partial charge in [-0.2, -0.15) is 0 Å². The van der Waals surface area contributed by atoms with Gasteiger partial charge < -0.3 is 0 Å². The molecule has 0 saturated heterocycles. The molecule has 2 heterocycles. The van der Waals surface area contributed by atoms with E-state index in [0.29, 0.717) is 4.90 Å². The van der Waals surface area contributed by atoms with Gasteiger partial charge in [0.15, 0.2) is 9.84 Å². The summed E-state index contributed by atoms with van der Waals surface area (Å²) in [7, 11) is -3.24. The molecule has 30 heavy (non-hydrogen) atoms. The van der Waals surface area contributed by atoms with E-state index in [2.05, 4.69) is 24.0 Å². The van der Waals surface area contributed by atoms with Gasteiger partial charge in [0, 0.05) is 46.7 Å². The first kappa shape index (κ1) is 20.4. The highest BCUT2D eigenvalue weighted by molar-refractivity contribution is 7.98. The topological polar surface area (TPSA) is 64.8 Å². The number of rotatable bonds is 6. The molecule has 4 aromatic rings. The molecule has 0 aliphatic rings. The van der Waals surface area contributed by atoms with E-state index in [-0.39, 0.29) is 0 Å². The first-order chi connectivity index (χ1) is 14.4. The van der Waals surface area contributed by atoms with Crippen LogP contribution < -0.4 is 0 Å². The van der Waals surface area contributed by atoms with Gasteiger partial charge in [-0.15, -0.1) is 11.8 Å². The Balaban J connectivity index is 1.70. The van der Waals surface area contributed by atoms with Gasteiger partial charge in [-0.1, -0.05) is 18.2 Å². The molecular formula is C23H21N3O2S2. The minimum atomic E-state index is -3.24. The van der Waals surface area contributed by atoms with Crippen molar-refractivity contribution >= 4 is 21.6 Å². The summed E-state index contributed by atoms with van der Waals surface area (Å²) in [6.45, 7) is 2.10. The van der Waals surface area contributed by atoms with Crippen LogP contribution in [0, 0.1) is 6.92 Å². The fraction of sp³-hybridized carbons (Fsp3) is 0.130. The van der Waals surface area contributed by atoms with Gasteiger partial charge >= 0.3 is 0 Å². The zero-order chi connectivity index (χ0) is 21.1. The maximum absolute atomic E-state index is 11.8. The summed E-state index contributed by atoms with van der Waals surface area (Å²) in [5, 5.41) is 0. The average Bonchev–Trinajstić information content (AvgIpc) is 3.18. The molecule has 0 radical (unpaired) electrons. The number of hydrogen-bond acceptors (Lipinski definition) is 5. The molecule has 0 atom stereocenters. The second-order valence-corrected chi connectivity index (χ2v) is 10.0. The summed E-state index contributed by atoms with van der Waals surface area (Å²) in [6, 6.07) is 19.0. The first-order valence-corrected chi connectivity index (χ1v) is 12.3. The molecule has 0 aliphatic carbocycles. The Bertz CT molecular complexity index is 1270. The summed E-state index contributed by atoms with van der Waals surface area (Å²) in [5.41, 5.74) is 3.93. The lowest BCUT2D eigenvalue weighted by atomic mass is 10.2. The monoisotopic (exact) mass is 435 g/mol. The van der Waals surface area contributed by atoms with E-state index in [4.69, 9.17) is 4.98 Å². The molecule has 7 heteroatoms. The quantitative estimate of drug-likeness (QED) is 0.402. The molecular weight excluding hydrogens is 414 g/mol. The van der Waals surface area contributed by atoms with Gasteiger partial charge in [-0.25, -0.2) is 13.4 Å². The smallest absolute Gasteiger partial charge is 0.175 e. The Hall–Kier alpha value is -2.90. The number of imidazole rings is 1. The van der Waals surface area contributed by atoms with Crippen LogP contribution in [-0.2, 0) is 15.6 Å². The molecule has 0 unspecified atom stereocenters. The van der Waals surface area contributed by atoms with Crippen molar-refractivity contribution < 1.29 is 8.42 Å². The number of benzene rings is 2. The molecule has 2 aromatic carbocycles. The van der Waals surface area contributed by atoms with Crippen LogP contribution in [0.1, 0.15) is 11.3 Å². The van der Waals surface area contributed by atoms with Crippen molar-refractivity contribution in [2.75, 3.05) is 6.26 Å². The lowest BCUT2D eigenvalue weighted by Crippen LogP contribution is -1.99. The van der Waals surface area contributed by atoms with E-state index in [0.717, 1.165) is 28.5 Å². The highest BCUT2D eigenvalue weighted by Gasteiger charge is 2.14. The molecule has 0 bridgehead atoms. The van der Waals surface area contributed by atoms with Crippen LogP contribution in [-0.4, -0.2) is 29.2 Å². The van der Waals surface area contributed by atoms with Crippen molar-refractivity contribution in [1.82, 2.24) is 14.5 Å². The minimum absolute atomic E-state index is 0.296. The number of hydrogen-bond donors (Lipinski definition) is 0. The summed E-state index contributed by atoms with van der Waals surface area (Å²) in [6.07, 6.45) is 6.72. The number of aromatic nitrogens is 3. The molecule has 2 aromatic heterocycles. The average molecular weight is 436 g/mol. The summed E-state index contributed by atoms with van der Waals surface area (Å²) < 4.78 is 25.6. The van der Waals surface area contributed by atoms with Crippen molar-refractivity contribution in [1.29, 1.82) is 0 Å².